The third-order valence-corrected chi connectivity index (χ3v) is 5.49. The molecule has 1 fully saturated rings. The van der Waals surface area contributed by atoms with Crippen molar-refractivity contribution in [2.75, 3.05) is 11.9 Å². The largest absolute Gasteiger partial charge is 0.362 e. The first-order valence-corrected chi connectivity index (χ1v) is 8.18. The number of hydrogen-bond donors (Lipinski definition) is 2. The molecule has 1 aliphatic carbocycles. The minimum absolute atomic E-state index is 0.00313. The van der Waals surface area contributed by atoms with E-state index in [9.17, 15) is 0 Å². The van der Waals surface area contributed by atoms with Crippen LogP contribution in [0.3, 0.4) is 0 Å². The van der Waals surface area contributed by atoms with Crippen LogP contribution < -0.4 is 11.1 Å². The fraction of sp³-hybridized carbons (Fsp3) is 0.600. The van der Waals surface area contributed by atoms with Gasteiger partial charge in [0.1, 0.15) is 12.1 Å². The van der Waals surface area contributed by atoms with Crippen molar-refractivity contribution in [1.29, 1.82) is 0 Å². The molecule has 0 aliphatic heterocycles. The Hall–Kier alpha value is -1.20. The van der Waals surface area contributed by atoms with E-state index in [4.69, 9.17) is 5.73 Å². The van der Waals surface area contributed by atoms with Crippen LogP contribution in [0.1, 0.15) is 38.2 Å². The average molecular weight is 290 g/mol. The van der Waals surface area contributed by atoms with Crippen molar-refractivity contribution >= 4 is 27.4 Å². The van der Waals surface area contributed by atoms with Crippen molar-refractivity contribution in [3.05, 3.63) is 17.3 Å². The maximum atomic E-state index is 6.10. The van der Waals surface area contributed by atoms with Crippen molar-refractivity contribution in [1.82, 2.24) is 9.97 Å². The lowest BCUT2D eigenvalue weighted by Crippen LogP contribution is -2.48. The lowest BCUT2D eigenvalue weighted by molar-refractivity contribution is 0.263. The van der Waals surface area contributed by atoms with Crippen LogP contribution in [0.4, 0.5) is 5.82 Å². The van der Waals surface area contributed by atoms with Gasteiger partial charge in [-0.15, -0.1) is 11.3 Å². The number of anilines is 1. The summed E-state index contributed by atoms with van der Waals surface area (Å²) in [5.74, 6) is 1.68. The summed E-state index contributed by atoms with van der Waals surface area (Å²) < 4.78 is 1.15. The molecule has 0 amide bonds. The molecule has 108 valence electrons. The number of hydrogen-bond acceptors (Lipinski definition) is 5. The van der Waals surface area contributed by atoms with Gasteiger partial charge in [0.2, 0.25) is 0 Å². The van der Waals surface area contributed by atoms with Gasteiger partial charge in [0, 0.05) is 6.54 Å². The Balaban J connectivity index is 1.95. The lowest BCUT2D eigenvalue weighted by Gasteiger charge is -2.40. The molecule has 0 bridgehead atoms. The zero-order valence-corrected chi connectivity index (χ0v) is 13.0. The van der Waals surface area contributed by atoms with E-state index >= 15 is 0 Å². The maximum Gasteiger partial charge on any atom is 0.147 e. The van der Waals surface area contributed by atoms with Crippen LogP contribution in [0.2, 0.25) is 0 Å². The number of aromatic nitrogens is 2. The van der Waals surface area contributed by atoms with Gasteiger partial charge in [0.25, 0.3) is 0 Å². The highest BCUT2D eigenvalue weighted by Crippen LogP contribution is 2.36. The number of fused-ring (bicyclic) bond motifs is 1. The molecule has 4 nitrogen and oxygen atoms in total. The van der Waals surface area contributed by atoms with Crippen LogP contribution >= 0.6 is 11.3 Å². The third-order valence-electron chi connectivity index (χ3n) is 4.40. The van der Waals surface area contributed by atoms with Crippen LogP contribution in [0.15, 0.2) is 11.7 Å². The van der Waals surface area contributed by atoms with Gasteiger partial charge in [-0.1, -0.05) is 19.8 Å². The first kappa shape index (κ1) is 13.8. The molecule has 3 N–H and O–H groups in total. The van der Waals surface area contributed by atoms with Crippen molar-refractivity contribution in [2.24, 2.45) is 11.7 Å². The Kier molecular flexibility index (Phi) is 3.65. The van der Waals surface area contributed by atoms with E-state index in [0.29, 0.717) is 6.54 Å². The van der Waals surface area contributed by atoms with Crippen molar-refractivity contribution < 1.29 is 0 Å². The third kappa shape index (κ3) is 2.40. The van der Waals surface area contributed by atoms with Gasteiger partial charge in [-0.3, -0.25) is 0 Å². The number of nitrogens with two attached hydrogens (primary N) is 1. The van der Waals surface area contributed by atoms with Gasteiger partial charge in [-0.05, 0) is 36.6 Å². The number of aryl methyl sites for hydroxylation is 1. The minimum atomic E-state index is -0.00313. The molecule has 0 saturated heterocycles. The summed E-state index contributed by atoms with van der Waals surface area (Å²) in [6.07, 6.45) is 6.45. The summed E-state index contributed by atoms with van der Waals surface area (Å²) in [6, 6.07) is 0. The van der Waals surface area contributed by atoms with E-state index in [1.54, 1.807) is 17.7 Å². The standard InChI is InChI=1S/C15H22N4S/c1-10-4-3-5-15(6-10,8-16)19-14-13-12(17-9-18-14)11(2)7-20-13/h7,9-10H,3-6,8,16H2,1-2H3,(H,17,18,19). The van der Waals surface area contributed by atoms with Gasteiger partial charge in [-0.25, -0.2) is 9.97 Å². The molecule has 5 heteroatoms. The zero-order valence-electron chi connectivity index (χ0n) is 12.1. The molecule has 2 aromatic rings. The van der Waals surface area contributed by atoms with Crippen LogP contribution in [0, 0.1) is 12.8 Å². The van der Waals surface area contributed by atoms with E-state index in [-0.39, 0.29) is 5.54 Å². The summed E-state index contributed by atoms with van der Waals surface area (Å²) in [5, 5.41) is 5.81. The Bertz CT molecular complexity index is 609. The first-order valence-electron chi connectivity index (χ1n) is 7.30. The normalized spacial score (nSPS) is 26.9. The molecule has 2 unspecified atom stereocenters. The highest BCUT2D eigenvalue weighted by molar-refractivity contribution is 7.18. The second kappa shape index (κ2) is 5.30. The topological polar surface area (TPSA) is 63.8 Å². The van der Waals surface area contributed by atoms with Gasteiger partial charge in [0.15, 0.2) is 0 Å². The van der Waals surface area contributed by atoms with E-state index in [1.165, 1.54) is 18.4 Å². The second-order valence-corrected chi connectivity index (χ2v) is 7.01. The van der Waals surface area contributed by atoms with E-state index < -0.39 is 0 Å². The van der Waals surface area contributed by atoms with E-state index in [2.05, 4.69) is 34.5 Å². The Morgan fingerprint density at radius 2 is 2.35 bits per heavy atom. The summed E-state index contributed by atoms with van der Waals surface area (Å²) in [4.78, 5) is 8.85. The minimum Gasteiger partial charge on any atom is -0.362 e. The highest BCUT2D eigenvalue weighted by atomic mass is 32.1. The summed E-state index contributed by atoms with van der Waals surface area (Å²) in [7, 11) is 0. The van der Waals surface area contributed by atoms with Crippen LogP contribution in [0.5, 0.6) is 0 Å². The van der Waals surface area contributed by atoms with E-state index in [0.717, 1.165) is 34.8 Å². The molecule has 2 aromatic heterocycles. The average Bonchev–Trinajstić information content (AvgIpc) is 2.82. The fourth-order valence-corrected chi connectivity index (χ4v) is 4.27. The number of thiophene rings is 1. The first-order chi connectivity index (χ1) is 9.63. The van der Waals surface area contributed by atoms with Crippen molar-refractivity contribution in [3.63, 3.8) is 0 Å². The van der Waals surface area contributed by atoms with Crippen LogP contribution in [-0.2, 0) is 0 Å². The SMILES string of the molecule is Cc1csc2c(NC3(CN)CCCC(C)C3)ncnc12. The van der Waals surface area contributed by atoms with E-state index in [1.807, 2.05) is 0 Å². The quantitative estimate of drug-likeness (QED) is 0.910. The monoisotopic (exact) mass is 290 g/mol. The number of rotatable bonds is 3. The Labute approximate surface area is 123 Å². The molecular formula is C15H22N4S. The molecular weight excluding hydrogens is 268 g/mol. The molecule has 2 atom stereocenters. The predicted octanol–water partition coefficient (Wildman–Crippen LogP) is 3.32. The Morgan fingerprint density at radius 3 is 3.10 bits per heavy atom. The number of nitrogens with one attached hydrogen (secondary N) is 1. The second-order valence-electron chi connectivity index (χ2n) is 6.13. The fourth-order valence-electron chi connectivity index (χ4n) is 3.32. The molecule has 0 aromatic carbocycles. The molecule has 3 rings (SSSR count). The predicted molar refractivity (Wildman–Crippen MR) is 85.2 cm³/mol. The van der Waals surface area contributed by atoms with Gasteiger partial charge in [-0.2, -0.15) is 0 Å². The van der Waals surface area contributed by atoms with Crippen molar-refractivity contribution in [2.45, 2.75) is 45.1 Å². The van der Waals surface area contributed by atoms with Gasteiger partial charge in [0.05, 0.1) is 15.8 Å². The molecule has 0 spiro atoms. The molecule has 1 aliphatic rings. The van der Waals surface area contributed by atoms with Crippen LogP contribution in [-0.4, -0.2) is 22.1 Å². The zero-order chi connectivity index (χ0) is 14.2. The highest BCUT2D eigenvalue weighted by Gasteiger charge is 2.34. The lowest BCUT2D eigenvalue weighted by atomic mass is 9.76. The summed E-state index contributed by atoms with van der Waals surface area (Å²) in [5.41, 5.74) is 8.37. The molecule has 20 heavy (non-hydrogen) atoms. The maximum absolute atomic E-state index is 6.10. The van der Waals surface area contributed by atoms with Gasteiger partial charge >= 0.3 is 0 Å². The van der Waals surface area contributed by atoms with Gasteiger partial charge < -0.3 is 11.1 Å². The number of nitrogens with zero attached hydrogens (tertiary/aromatic N) is 2. The van der Waals surface area contributed by atoms with Crippen LogP contribution in [0.25, 0.3) is 10.2 Å². The van der Waals surface area contributed by atoms with Crippen molar-refractivity contribution in [3.8, 4) is 0 Å². The molecule has 0 radical (unpaired) electrons. The Morgan fingerprint density at radius 1 is 1.50 bits per heavy atom. The summed E-state index contributed by atoms with van der Waals surface area (Å²) >= 11 is 1.71. The molecule has 1 saturated carbocycles. The molecule has 2 heterocycles. The smallest absolute Gasteiger partial charge is 0.147 e. The summed E-state index contributed by atoms with van der Waals surface area (Å²) in [6.45, 7) is 5.07.